The molecule has 0 spiro atoms. The van der Waals surface area contributed by atoms with Gasteiger partial charge in [-0.15, -0.1) is 0 Å². The van der Waals surface area contributed by atoms with Crippen LogP contribution in [0.3, 0.4) is 0 Å². The van der Waals surface area contributed by atoms with Gasteiger partial charge in [-0.05, 0) is 133 Å². The molecule has 0 saturated heterocycles. The normalized spacial score (nSPS) is 22.1. The maximum Gasteiger partial charge on any atom is 0.159 e. The van der Waals surface area contributed by atoms with Crippen LogP contribution in [0.4, 0.5) is 17.6 Å². The molecular weight excluding hydrogens is 644 g/mol. The molecule has 4 aromatic rings. The monoisotopic (exact) mass is 698 g/mol. The van der Waals surface area contributed by atoms with Gasteiger partial charge in [0.25, 0.3) is 0 Å². The Morgan fingerprint density at radius 3 is 1.16 bits per heavy atom. The van der Waals surface area contributed by atoms with Crippen molar-refractivity contribution in [1.82, 2.24) is 0 Å². The third-order valence-electron chi connectivity index (χ3n) is 11.8. The van der Waals surface area contributed by atoms with Crippen LogP contribution in [0.25, 0.3) is 0 Å². The number of hydrogen-bond acceptors (Lipinski definition) is 1. The molecule has 0 aliphatic heterocycles. The summed E-state index contributed by atoms with van der Waals surface area (Å²) in [6.07, 6.45) is 15.8. The molecule has 4 aromatic carbocycles. The van der Waals surface area contributed by atoms with Gasteiger partial charge in [-0.1, -0.05) is 113 Å². The predicted octanol–water partition coefficient (Wildman–Crippen LogP) is 14.1. The van der Waals surface area contributed by atoms with Crippen LogP contribution in [-0.2, 0) is 4.74 Å². The van der Waals surface area contributed by atoms with Crippen molar-refractivity contribution in [3.8, 4) is 0 Å². The highest BCUT2D eigenvalue weighted by Gasteiger charge is 2.28. The number of halogens is 4. The quantitative estimate of drug-likeness (QED) is 0.119. The van der Waals surface area contributed by atoms with Gasteiger partial charge in [0, 0.05) is 0 Å². The Hall–Kier alpha value is -3.44. The van der Waals surface area contributed by atoms with E-state index in [1.165, 1.54) is 125 Å². The minimum atomic E-state index is -0.962. The zero-order valence-corrected chi connectivity index (χ0v) is 30.4. The van der Waals surface area contributed by atoms with Gasteiger partial charge in [0.1, 0.15) is 12.2 Å². The number of rotatable bonds is 14. The number of ether oxygens (including phenoxy) is 1. The van der Waals surface area contributed by atoms with Crippen molar-refractivity contribution in [2.45, 2.75) is 128 Å². The van der Waals surface area contributed by atoms with Crippen molar-refractivity contribution in [3.05, 3.63) is 142 Å². The van der Waals surface area contributed by atoms with Gasteiger partial charge >= 0.3 is 0 Å². The molecule has 0 N–H and O–H groups in total. The molecule has 0 heterocycles. The number of unbranched alkanes of at least 4 members (excludes halogenated alkanes) is 2. The molecule has 2 unspecified atom stereocenters. The fourth-order valence-corrected chi connectivity index (χ4v) is 8.63. The zero-order chi connectivity index (χ0) is 35.7. The van der Waals surface area contributed by atoms with Crippen LogP contribution >= 0.6 is 0 Å². The van der Waals surface area contributed by atoms with E-state index < -0.39 is 35.5 Å². The summed E-state index contributed by atoms with van der Waals surface area (Å²) in [7, 11) is 0. The molecule has 1 nitrogen and oxygen atoms in total. The Morgan fingerprint density at radius 1 is 0.471 bits per heavy atom. The fraction of sp³-hybridized carbons (Fsp3) is 0.478. The Bertz CT molecular complexity index is 1540. The highest BCUT2D eigenvalue weighted by molar-refractivity contribution is 5.37. The van der Waals surface area contributed by atoms with Gasteiger partial charge in [0.2, 0.25) is 0 Å². The Labute approximate surface area is 302 Å². The maximum absolute atomic E-state index is 14.7. The van der Waals surface area contributed by atoms with Crippen molar-refractivity contribution in [3.63, 3.8) is 0 Å². The summed E-state index contributed by atoms with van der Waals surface area (Å²) < 4.78 is 64.7. The standard InChI is InChI=1S/C46H54F4O/c1-3-5-7-31-9-13-33(14-10-31)35-17-21-37(22-18-35)45(39-25-27-41(47)43(49)29-39)51-46(40-26-28-42(48)44(50)30-40)38-23-19-36(20-24-38)34-15-11-32(12-16-34)8-6-4-2/h17-34,45-46H,3-16H2,1-2H3. The lowest BCUT2D eigenvalue weighted by Crippen LogP contribution is -2.16. The van der Waals surface area contributed by atoms with E-state index in [0.29, 0.717) is 23.0 Å². The van der Waals surface area contributed by atoms with Crippen molar-refractivity contribution < 1.29 is 22.3 Å². The summed E-state index contributed by atoms with van der Waals surface area (Å²) in [5, 5.41) is 0. The molecule has 6 rings (SSSR count). The predicted molar refractivity (Wildman–Crippen MR) is 199 cm³/mol. The topological polar surface area (TPSA) is 9.23 Å². The molecule has 0 aromatic heterocycles. The van der Waals surface area contributed by atoms with Gasteiger partial charge < -0.3 is 4.74 Å². The molecule has 0 amide bonds. The summed E-state index contributed by atoms with van der Waals surface area (Å²) in [5.74, 6) is -1.16. The van der Waals surface area contributed by atoms with Gasteiger partial charge in [-0.3, -0.25) is 0 Å². The molecule has 2 atom stereocenters. The second-order valence-corrected chi connectivity index (χ2v) is 15.3. The number of hydrogen-bond donors (Lipinski definition) is 0. The lowest BCUT2D eigenvalue weighted by Gasteiger charge is -2.30. The number of benzene rings is 4. The van der Waals surface area contributed by atoms with E-state index in [-0.39, 0.29) is 0 Å². The molecule has 2 aliphatic carbocycles. The molecule has 2 saturated carbocycles. The first-order chi connectivity index (χ1) is 24.8. The van der Waals surface area contributed by atoms with Crippen LogP contribution in [-0.4, -0.2) is 0 Å². The highest BCUT2D eigenvalue weighted by atomic mass is 19.2. The Morgan fingerprint density at radius 2 is 0.824 bits per heavy atom. The molecule has 272 valence electrons. The Kier molecular flexibility index (Phi) is 13.1. The molecule has 5 heteroatoms. The van der Waals surface area contributed by atoms with Crippen molar-refractivity contribution >= 4 is 0 Å². The third-order valence-corrected chi connectivity index (χ3v) is 11.8. The second kappa shape index (κ2) is 17.9. The summed E-state index contributed by atoms with van der Waals surface area (Å²) in [4.78, 5) is 0. The lowest BCUT2D eigenvalue weighted by molar-refractivity contribution is 0.0304. The minimum absolute atomic E-state index is 0.446. The van der Waals surface area contributed by atoms with Crippen molar-refractivity contribution in [2.24, 2.45) is 11.8 Å². The first-order valence-electron chi connectivity index (χ1n) is 19.6. The first kappa shape index (κ1) is 37.3. The molecule has 2 fully saturated rings. The average Bonchev–Trinajstić information content (AvgIpc) is 3.17. The van der Waals surface area contributed by atoms with E-state index >= 15 is 0 Å². The Balaban J connectivity index is 1.28. The van der Waals surface area contributed by atoms with E-state index in [2.05, 4.69) is 38.1 Å². The third kappa shape index (κ3) is 9.52. The molecule has 0 radical (unpaired) electrons. The van der Waals surface area contributed by atoms with Crippen LogP contribution in [0, 0.1) is 35.1 Å². The molecule has 0 bridgehead atoms. The minimum Gasteiger partial charge on any atom is -0.356 e. The van der Waals surface area contributed by atoms with E-state index in [9.17, 15) is 17.6 Å². The van der Waals surface area contributed by atoms with Gasteiger partial charge in [0.15, 0.2) is 23.3 Å². The molecule has 2 aliphatic rings. The van der Waals surface area contributed by atoms with Crippen molar-refractivity contribution in [1.29, 1.82) is 0 Å². The van der Waals surface area contributed by atoms with E-state index in [1.54, 1.807) is 0 Å². The summed E-state index contributed by atoms with van der Waals surface area (Å²) >= 11 is 0. The van der Waals surface area contributed by atoms with Gasteiger partial charge in [-0.25, -0.2) is 17.6 Å². The lowest BCUT2D eigenvalue weighted by atomic mass is 9.77. The second-order valence-electron chi connectivity index (χ2n) is 15.3. The smallest absolute Gasteiger partial charge is 0.159 e. The summed E-state index contributed by atoms with van der Waals surface area (Å²) in [5.41, 5.74) is 5.02. The maximum atomic E-state index is 14.7. The van der Waals surface area contributed by atoms with Crippen LogP contribution in [0.5, 0.6) is 0 Å². The molecule has 51 heavy (non-hydrogen) atoms. The van der Waals surface area contributed by atoms with Gasteiger partial charge in [-0.2, -0.15) is 0 Å². The fourth-order valence-electron chi connectivity index (χ4n) is 8.63. The first-order valence-corrected chi connectivity index (χ1v) is 19.6. The van der Waals surface area contributed by atoms with E-state index in [1.807, 2.05) is 24.3 Å². The van der Waals surface area contributed by atoms with Crippen LogP contribution in [0.2, 0.25) is 0 Å². The van der Waals surface area contributed by atoms with Crippen LogP contribution < -0.4 is 0 Å². The molecular formula is C46H54F4O. The average molecular weight is 699 g/mol. The SMILES string of the molecule is CCCCC1CCC(c2ccc(C(OC(c3ccc(C4CCC(CCCC)CC4)cc3)c3ccc(F)c(F)c3)c3ccc(F)c(F)c3)cc2)CC1. The largest absolute Gasteiger partial charge is 0.356 e. The summed E-state index contributed by atoms with van der Waals surface area (Å²) in [6.45, 7) is 4.50. The van der Waals surface area contributed by atoms with E-state index in [0.717, 1.165) is 35.1 Å². The van der Waals surface area contributed by atoms with Crippen LogP contribution in [0.15, 0.2) is 84.9 Å². The highest BCUT2D eigenvalue weighted by Crippen LogP contribution is 2.42. The van der Waals surface area contributed by atoms with E-state index in [4.69, 9.17) is 4.74 Å². The van der Waals surface area contributed by atoms with Crippen LogP contribution in [0.1, 0.15) is 161 Å². The van der Waals surface area contributed by atoms with Gasteiger partial charge in [0.05, 0.1) is 0 Å². The summed E-state index contributed by atoms with van der Waals surface area (Å²) in [6, 6.07) is 24.3. The van der Waals surface area contributed by atoms with Crippen molar-refractivity contribution in [2.75, 3.05) is 0 Å². The zero-order valence-electron chi connectivity index (χ0n) is 30.4.